The molecule has 1 heterocycles. The van der Waals surface area contributed by atoms with Gasteiger partial charge in [0, 0.05) is 18.8 Å². The summed E-state index contributed by atoms with van der Waals surface area (Å²) in [5.74, 6) is -2.47. The third-order valence-electron chi connectivity index (χ3n) is 8.88. The monoisotopic (exact) mass is 607 g/mol. The fourth-order valence-electron chi connectivity index (χ4n) is 6.10. The van der Waals surface area contributed by atoms with Gasteiger partial charge in [-0.25, -0.2) is 13.2 Å². The van der Waals surface area contributed by atoms with E-state index in [4.69, 9.17) is 4.74 Å². The first kappa shape index (κ1) is 34.2. The second-order valence-electron chi connectivity index (χ2n) is 14.4. The maximum absolute atomic E-state index is 14.0. The standard InChI is InChI=1S/C32H49NO8S/c1-30(2,3)24(17-23(34)18-32(15-11-8-12-16-32)21-42(39,40)31(4,5)6)28(37)33-19-25(35)27(36)26(33)29(38)41-20-22-13-9-7-10-14-22/h7,9-10,13-14,24-27,35-36H,8,11-12,15-21H2,1-6H3/t24-,25+,26+,27+/m1/s1. The molecule has 1 amide bonds. The van der Waals surface area contributed by atoms with Gasteiger partial charge < -0.3 is 19.8 Å². The summed E-state index contributed by atoms with van der Waals surface area (Å²) in [5.41, 5.74) is -0.627. The first-order chi connectivity index (χ1) is 19.4. The summed E-state index contributed by atoms with van der Waals surface area (Å²) in [5, 5.41) is 21.1. The fraction of sp³-hybridized carbons (Fsp3) is 0.719. The van der Waals surface area contributed by atoms with E-state index in [9.17, 15) is 33.0 Å². The number of amides is 1. The van der Waals surface area contributed by atoms with Crippen LogP contribution in [0.15, 0.2) is 30.3 Å². The van der Waals surface area contributed by atoms with Gasteiger partial charge in [0.25, 0.3) is 0 Å². The van der Waals surface area contributed by atoms with Gasteiger partial charge in [0.2, 0.25) is 5.91 Å². The van der Waals surface area contributed by atoms with E-state index in [-0.39, 0.29) is 37.5 Å². The van der Waals surface area contributed by atoms with Gasteiger partial charge in [0.1, 0.15) is 24.6 Å². The molecule has 1 aromatic carbocycles. The number of ketones is 1. The van der Waals surface area contributed by atoms with Crippen molar-refractivity contribution >= 4 is 27.5 Å². The lowest BCUT2D eigenvalue weighted by molar-refractivity contribution is -0.160. The van der Waals surface area contributed by atoms with Gasteiger partial charge in [-0.2, -0.15) is 0 Å². The van der Waals surface area contributed by atoms with E-state index >= 15 is 0 Å². The number of esters is 1. The zero-order chi connectivity index (χ0) is 31.5. The van der Waals surface area contributed by atoms with E-state index in [1.54, 1.807) is 45.0 Å². The highest BCUT2D eigenvalue weighted by Crippen LogP contribution is 2.44. The molecule has 1 aromatic rings. The first-order valence-corrected chi connectivity index (χ1v) is 16.6. The highest BCUT2D eigenvalue weighted by Gasteiger charge is 2.51. The van der Waals surface area contributed by atoms with Gasteiger partial charge in [0.05, 0.1) is 17.0 Å². The van der Waals surface area contributed by atoms with Crippen molar-refractivity contribution in [3.63, 3.8) is 0 Å². The third-order valence-corrected chi connectivity index (χ3v) is 11.7. The largest absolute Gasteiger partial charge is 0.459 e. The zero-order valence-corrected chi connectivity index (χ0v) is 26.8. The molecule has 9 nitrogen and oxygen atoms in total. The van der Waals surface area contributed by atoms with Crippen LogP contribution < -0.4 is 0 Å². The Hall–Kier alpha value is -2.30. The highest BCUT2D eigenvalue weighted by atomic mass is 32.2. The lowest BCUT2D eigenvalue weighted by Gasteiger charge is -2.39. The number of hydrogen-bond acceptors (Lipinski definition) is 8. The van der Waals surface area contributed by atoms with Crippen LogP contribution in [0.4, 0.5) is 0 Å². The Balaban J connectivity index is 1.80. The lowest BCUT2D eigenvalue weighted by Crippen LogP contribution is -2.50. The summed E-state index contributed by atoms with van der Waals surface area (Å²) in [6.45, 7) is 10.2. The normalized spacial score (nSPS) is 23.8. The summed E-state index contributed by atoms with van der Waals surface area (Å²) < 4.78 is 30.9. The van der Waals surface area contributed by atoms with Crippen LogP contribution in [0.25, 0.3) is 0 Å². The number of likely N-dealkylation sites (tertiary alicyclic amines) is 1. The average molecular weight is 608 g/mol. The number of aliphatic hydroxyl groups excluding tert-OH is 2. The van der Waals surface area contributed by atoms with Crippen LogP contribution >= 0.6 is 0 Å². The zero-order valence-electron chi connectivity index (χ0n) is 26.0. The van der Waals surface area contributed by atoms with Crippen LogP contribution in [0.2, 0.25) is 0 Å². The Morgan fingerprint density at radius 1 is 1.00 bits per heavy atom. The van der Waals surface area contributed by atoms with E-state index in [0.717, 1.165) is 29.7 Å². The Bertz CT molecular complexity index is 1210. The predicted molar refractivity (Wildman–Crippen MR) is 160 cm³/mol. The molecule has 4 atom stereocenters. The van der Waals surface area contributed by atoms with E-state index in [1.165, 1.54) is 0 Å². The quantitative estimate of drug-likeness (QED) is 0.383. The van der Waals surface area contributed by atoms with Crippen molar-refractivity contribution in [1.29, 1.82) is 0 Å². The molecule has 1 saturated heterocycles. The molecule has 0 bridgehead atoms. The number of carbonyl (C=O) groups excluding carboxylic acids is 3. The average Bonchev–Trinajstić information content (AvgIpc) is 3.19. The van der Waals surface area contributed by atoms with Crippen molar-refractivity contribution in [2.24, 2.45) is 16.7 Å². The van der Waals surface area contributed by atoms with Gasteiger partial charge >= 0.3 is 5.97 Å². The molecule has 2 aliphatic rings. The van der Waals surface area contributed by atoms with Crippen LogP contribution in [-0.4, -0.2) is 76.5 Å². The minimum Gasteiger partial charge on any atom is -0.459 e. The number of β-amino-alcohol motifs (C(OH)–C–C–N with tert-alkyl or cyclic N) is 1. The maximum Gasteiger partial charge on any atom is 0.332 e. The molecular weight excluding hydrogens is 558 g/mol. The number of nitrogens with zero attached hydrogens (tertiary/aromatic N) is 1. The molecule has 0 spiro atoms. The molecule has 0 unspecified atom stereocenters. The summed E-state index contributed by atoms with van der Waals surface area (Å²) in [6, 6.07) is 7.59. The molecule has 3 rings (SSSR count). The maximum atomic E-state index is 14.0. The third kappa shape index (κ3) is 8.20. The van der Waals surface area contributed by atoms with Gasteiger partial charge in [-0.15, -0.1) is 0 Å². The molecular formula is C32H49NO8S. The van der Waals surface area contributed by atoms with E-state index in [2.05, 4.69) is 0 Å². The molecule has 2 fully saturated rings. The smallest absolute Gasteiger partial charge is 0.332 e. The number of aliphatic hydroxyl groups is 2. The molecule has 1 saturated carbocycles. The van der Waals surface area contributed by atoms with Crippen LogP contribution in [0.5, 0.6) is 0 Å². The minimum atomic E-state index is -3.48. The number of hydrogen-bond donors (Lipinski definition) is 2. The second-order valence-corrected chi connectivity index (χ2v) is 17.1. The van der Waals surface area contributed by atoms with Crippen molar-refractivity contribution in [2.45, 2.75) is 116 Å². The van der Waals surface area contributed by atoms with E-state index in [1.807, 2.05) is 26.8 Å². The lowest BCUT2D eigenvalue weighted by atomic mass is 9.70. The molecule has 10 heteroatoms. The van der Waals surface area contributed by atoms with Crippen molar-refractivity contribution in [3.8, 4) is 0 Å². The van der Waals surface area contributed by atoms with Crippen LogP contribution in [0.1, 0.15) is 92.1 Å². The van der Waals surface area contributed by atoms with Crippen LogP contribution in [-0.2, 0) is 35.6 Å². The first-order valence-electron chi connectivity index (χ1n) is 15.0. The number of rotatable bonds is 10. The summed E-state index contributed by atoms with van der Waals surface area (Å²) in [4.78, 5) is 41.9. The molecule has 1 aliphatic carbocycles. The second kappa shape index (κ2) is 13.1. The SMILES string of the molecule is CC(C)(C)[C@H](CC(=O)CC1(CS(=O)(=O)C(C)(C)C)CCCCC1)C(=O)N1C[C@H](O)[C@H](O)[C@H]1C(=O)OCc1ccccc1. The van der Waals surface area contributed by atoms with Crippen LogP contribution in [0, 0.1) is 16.7 Å². The molecule has 1 aliphatic heterocycles. The Morgan fingerprint density at radius 3 is 2.14 bits per heavy atom. The van der Waals surface area contributed by atoms with Crippen LogP contribution in [0.3, 0.4) is 0 Å². The predicted octanol–water partition coefficient (Wildman–Crippen LogP) is 3.84. The minimum absolute atomic E-state index is 0.0538. The number of sulfone groups is 1. The molecule has 2 N–H and O–H groups in total. The van der Waals surface area contributed by atoms with Crippen molar-refractivity contribution in [2.75, 3.05) is 12.3 Å². The summed E-state index contributed by atoms with van der Waals surface area (Å²) in [7, 11) is -3.48. The van der Waals surface area contributed by atoms with Crippen molar-refractivity contribution < 1.29 is 37.8 Å². The number of benzene rings is 1. The van der Waals surface area contributed by atoms with E-state index < -0.39 is 61.5 Å². The Kier molecular flexibility index (Phi) is 10.7. The Morgan fingerprint density at radius 2 is 1.60 bits per heavy atom. The van der Waals surface area contributed by atoms with Gasteiger partial charge in [-0.05, 0) is 50.0 Å². The molecule has 42 heavy (non-hydrogen) atoms. The summed E-state index contributed by atoms with van der Waals surface area (Å²) in [6.07, 6.45) is 1.05. The van der Waals surface area contributed by atoms with E-state index in [0.29, 0.717) is 12.8 Å². The summed E-state index contributed by atoms with van der Waals surface area (Å²) >= 11 is 0. The Labute approximate surface area is 250 Å². The number of ether oxygens (including phenoxy) is 1. The molecule has 0 aromatic heterocycles. The number of carbonyl (C=O) groups is 3. The number of Topliss-reactive ketones (excluding diaryl/α,β-unsaturated/α-hetero) is 1. The van der Waals surface area contributed by atoms with Crippen molar-refractivity contribution in [1.82, 2.24) is 4.90 Å². The van der Waals surface area contributed by atoms with Gasteiger partial charge in [-0.3, -0.25) is 9.59 Å². The topological polar surface area (TPSA) is 138 Å². The molecule has 236 valence electrons. The van der Waals surface area contributed by atoms with Crippen molar-refractivity contribution in [3.05, 3.63) is 35.9 Å². The van der Waals surface area contributed by atoms with Gasteiger partial charge in [-0.1, -0.05) is 70.4 Å². The van der Waals surface area contributed by atoms with Gasteiger partial charge in [0.15, 0.2) is 15.9 Å². The highest BCUT2D eigenvalue weighted by molar-refractivity contribution is 7.92. The molecule has 0 radical (unpaired) electrons. The fourth-order valence-corrected chi connectivity index (χ4v) is 7.73.